The third-order valence-corrected chi connectivity index (χ3v) is 5.84. The molecule has 0 spiro atoms. The molecule has 4 atom stereocenters. The largest absolute Gasteiger partial charge is 0.481 e. The Bertz CT molecular complexity index is 765. The van der Waals surface area contributed by atoms with Crippen LogP contribution in [0.5, 0.6) is 0 Å². The molecule has 2 amide bonds. The number of carboxylic acid groups (broad SMARTS) is 1. The number of aliphatic carboxylic acids is 1. The highest BCUT2D eigenvalue weighted by atomic mass is 16.4. The molecule has 1 saturated heterocycles. The standard InChI is InChI=1S/C20H22N2O4/c23-18(16-13-3-4-14(11-13)17(16)20(25)26)21-15-7-5-12(6-8-15)19(24)22-9-1-2-10-22/h3-8,13-14,16-17H,1-2,9-11H2,(H,21,23)(H,25,26)/t13-,14+,16-,17-/m0/s1. The van der Waals surface area contributed by atoms with Gasteiger partial charge in [0.15, 0.2) is 0 Å². The molecule has 0 radical (unpaired) electrons. The van der Waals surface area contributed by atoms with Gasteiger partial charge in [0.05, 0.1) is 11.8 Å². The summed E-state index contributed by atoms with van der Waals surface area (Å²) in [5, 5.41) is 12.3. The van der Waals surface area contributed by atoms with E-state index in [2.05, 4.69) is 5.32 Å². The van der Waals surface area contributed by atoms with Crippen molar-refractivity contribution in [3.63, 3.8) is 0 Å². The number of allylic oxidation sites excluding steroid dienone is 2. The van der Waals surface area contributed by atoms with Crippen LogP contribution in [-0.4, -0.2) is 40.9 Å². The number of nitrogens with one attached hydrogen (secondary N) is 1. The Morgan fingerprint density at radius 2 is 1.58 bits per heavy atom. The second-order valence-corrected chi connectivity index (χ2v) is 7.40. The first-order chi connectivity index (χ1) is 12.5. The molecular formula is C20H22N2O4. The number of nitrogens with zero attached hydrogens (tertiary/aromatic N) is 1. The maximum atomic E-state index is 12.7. The van der Waals surface area contributed by atoms with E-state index >= 15 is 0 Å². The van der Waals surface area contributed by atoms with Gasteiger partial charge in [0.2, 0.25) is 5.91 Å². The number of carbonyl (C=O) groups is 3. The fourth-order valence-electron chi connectivity index (χ4n) is 4.54. The van der Waals surface area contributed by atoms with Crippen LogP contribution < -0.4 is 5.32 Å². The summed E-state index contributed by atoms with van der Waals surface area (Å²) >= 11 is 0. The molecule has 1 heterocycles. The Balaban J connectivity index is 1.44. The van der Waals surface area contributed by atoms with Gasteiger partial charge in [-0.1, -0.05) is 12.2 Å². The average molecular weight is 354 g/mol. The summed E-state index contributed by atoms with van der Waals surface area (Å²) < 4.78 is 0. The van der Waals surface area contributed by atoms with Gasteiger partial charge in [-0.2, -0.15) is 0 Å². The smallest absolute Gasteiger partial charge is 0.307 e. The van der Waals surface area contributed by atoms with Crippen LogP contribution in [0.4, 0.5) is 5.69 Å². The van der Waals surface area contributed by atoms with E-state index in [0.717, 1.165) is 32.4 Å². The van der Waals surface area contributed by atoms with Crippen molar-refractivity contribution in [2.45, 2.75) is 19.3 Å². The highest BCUT2D eigenvalue weighted by Crippen LogP contribution is 2.48. The molecule has 26 heavy (non-hydrogen) atoms. The van der Waals surface area contributed by atoms with Crippen LogP contribution in [0.3, 0.4) is 0 Å². The number of fused-ring (bicyclic) bond motifs is 2. The summed E-state index contributed by atoms with van der Waals surface area (Å²) in [5.74, 6) is -2.38. The molecule has 6 heteroatoms. The van der Waals surface area contributed by atoms with Crippen LogP contribution in [0.15, 0.2) is 36.4 Å². The summed E-state index contributed by atoms with van der Waals surface area (Å²) in [5.41, 5.74) is 1.19. The third kappa shape index (κ3) is 2.89. The molecule has 1 aliphatic heterocycles. The van der Waals surface area contributed by atoms with Gasteiger partial charge < -0.3 is 15.3 Å². The fourth-order valence-corrected chi connectivity index (χ4v) is 4.54. The molecule has 3 aliphatic rings. The lowest BCUT2D eigenvalue weighted by atomic mass is 9.82. The van der Waals surface area contributed by atoms with E-state index in [1.54, 1.807) is 24.3 Å². The van der Waals surface area contributed by atoms with Gasteiger partial charge in [-0.25, -0.2) is 0 Å². The van der Waals surface area contributed by atoms with Crippen molar-refractivity contribution in [3.8, 4) is 0 Å². The SMILES string of the molecule is O=C(O)[C@@H]1[C@@H](C(=O)Nc2ccc(C(=O)N3CCCC3)cc2)[C@H]2C=C[C@@H]1C2. The lowest BCUT2D eigenvalue weighted by molar-refractivity contribution is -0.146. The van der Waals surface area contributed by atoms with Crippen LogP contribution in [0, 0.1) is 23.7 Å². The van der Waals surface area contributed by atoms with E-state index in [1.165, 1.54) is 0 Å². The maximum absolute atomic E-state index is 12.7. The topological polar surface area (TPSA) is 86.7 Å². The molecule has 1 aromatic rings. The van der Waals surface area contributed by atoms with Crippen molar-refractivity contribution in [1.82, 2.24) is 4.90 Å². The van der Waals surface area contributed by atoms with E-state index in [4.69, 9.17) is 0 Å². The third-order valence-electron chi connectivity index (χ3n) is 5.84. The average Bonchev–Trinajstić information content (AvgIpc) is 3.37. The quantitative estimate of drug-likeness (QED) is 0.813. The molecule has 136 valence electrons. The number of anilines is 1. The van der Waals surface area contributed by atoms with Gasteiger partial charge in [-0.3, -0.25) is 14.4 Å². The van der Waals surface area contributed by atoms with E-state index in [-0.39, 0.29) is 23.7 Å². The van der Waals surface area contributed by atoms with E-state index in [9.17, 15) is 19.5 Å². The summed E-state index contributed by atoms with van der Waals surface area (Å²) in [6.07, 6.45) is 6.71. The van der Waals surface area contributed by atoms with Gasteiger partial charge in [0.25, 0.3) is 5.91 Å². The Kier molecular flexibility index (Phi) is 4.26. The minimum absolute atomic E-state index is 0.00267. The zero-order valence-corrected chi connectivity index (χ0v) is 14.4. The summed E-state index contributed by atoms with van der Waals surface area (Å²) in [7, 11) is 0. The Morgan fingerprint density at radius 3 is 2.19 bits per heavy atom. The first-order valence-corrected chi connectivity index (χ1v) is 9.16. The van der Waals surface area contributed by atoms with Crippen molar-refractivity contribution in [3.05, 3.63) is 42.0 Å². The molecule has 1 aromatic carbocycles. The summed E-state index contributed by atoms with van der Waals surface area (Å²) in [4.78, 5) is 38.4. The molecule has 2 fully saturated rings. The number of likely N-dealkylation sites (tertiary alicyclic amines) is 1. The number of amides is 2. The molecule has 4 rings (SSSR count). The Hall–Kier alpha value is -2.63. The highest BCUT2D eigenvalue weighted by molar-refractivity contribution is 5.98. The monoisotopic (exact) mass is 354 g/mol. The van der Waals surface area contributed by atoms with Crippen molar-refractivity contribution in [2.24, 2.45) is 23.7 Å². The molecule has 0 unspecified atom stereocenters. The molecule has 2 aliphatic carbocycles. The van der Waals surface area contributed by atoms with Gasteiger partial charge in [0, 0.05) is 24.3 Å². The number of carboxylic acids is 1. The summed E-state index contributed by atoms with van der Waals surface area (Å²) in [6, 6.07) is 6.84. The predicted octanol–water partition coefficient (Wildman–Crippen LogP) is 2.38. The van der Waals surface area contributed by atoms with Crippen molar-refractivity contribution in [1.29, 1.82) is 0 Å². The van der Waals surface area contributed by atoms with Gasteiger partial charge in [0.1, 0.15) is 0 Å². The zero-order valence-electron chi connectivity index (χ0n) is 14.4. The summed E-state index contributed by atoms with van der Waals surface area (Å²) in [6.45, 7) is 1.59. The van der Waals surface area contributed by atoms with Crippen LogP contribution in [-0.2, 0) is 9.59 Å². The minimum atomic E-state index is -0.909. The number of rotatable bonds is 4. The molecular weight excluding hydrogens is 332 g/mol. The molecule has 0 aromatic heterocycles. The second-order valence-electron chi connectivity index (χ2n) is 7.40. The zero-order chi connectivity index (χ0) is 18.3. The minimum Gasteiger partial charge on any atom is -0.481 e. The van der Waals surface area contributed by atoms with E-state index in [1.807, 2.05) is 17.1 Å². The van der Waals surface area contributed by atoms with Crippen molar-refractivity contribution >= 4 is 23.5 Å². The first kappa shape index (κ1) is 16.8. The lowest BCUT2D eigenvalue weighted by Gasteiger charge is -2.24. The molecule has 2 bridgehead atoms. The van der Waals surface area contributed by atoms with Gasteiger partial charge in [-0.15, -0.1) is 0 Å². The van der Waals surface area contributed by atoms with Crippen LogP contribution in [0.1, 0.15) is 29.6 Å². The second kappa shape index (κ2) is 6.59. The molecule has 2 N–H and O–H groups in total. The fraction of sp³-hybridized carbons (Fsp3) is 0.450. The van der Waals surface area contributed by atoms with Crippen LogP contribution in [0.2, 0.25) is 0 Å². The number of carbonyl (C=O) groups excluding carboxylic acids is 2. The van der Waals surface area contributed by atoms with Crippen molar-refractivity contribution < 1.29 is 19.5 Å². The number of benzene rings is 1. The first-order valence-electron chi connectivity index (χ1n) is 9.16. The molecule has 1 saturated carbocycles. The van der Waals surface area contributed by atoms with Gasteiger partial charge >= 0.3 is 5.97 Å². The van der Waals surface area contributed by atoms with Crippen LogP contribution in [0.25, 0.3) is 0 Å². The van der Waals surface area contributed by atoms with Gasteiger partial charge in [-0.05, 0) is 55.4 Å². The predicted molar refractivity (Wildman–Crippen MR) is 95.6 cm³/mol. The highest BCUT2D eigenvalue weighted by Gasteiger charge is 2.51. The Labute approximate surface area is 151 Å². The van der Waals surface area contributed by atoms with E-state index in [0.29, 0.717) is 11.3 Å². The maximum Gasteiger partial charge on any atom is 0.307 e. The number of hydrogen-bond acceptors (Lipinski definition) is 3. The number of hydrogen-bond donors (Lipinski definition) is 2. The van der Waals surface area contributed by atoms with Crippen molar-refractivity contribution in [2.75, 3.05) is 18.4 Å². The Morgan fingerprint density at radius 1 is 0.962 bits per heavy atom. The molecule has 6 nitrogen and oxygen atoms in total. The van der Waals surface area contributed by atoms with E-state index < -0.39 is 17.8 Å². The normalized spacial score (nSPS) is 29.2. The van der Waals surface area contributed by atoms with Crippen LogP contribution >= 0.6 is 0 Å². The lowest BCUT2D eigenvalue weighted by Crippen LogP contribution is -2.36.